The lowest BCUT2D eigenvalue weighted by atomic mass is 10.0. The predicted molar refractivity (Wildman–Crippen MR) is 183 cm³/mol. The molecule has 0 fully saturated rings. The molecule has 42 heavy (non-hydrogen) atoms. The van der Waals surface area contributed by atoms with Gasteiger partial charge in [0, 0.05) is 32.9 Å². The molecule has 2 heterocycles. The largest absolute Gasteiger partial charge is 0.309 e. The van der Waals surface area contributed by atoms with Gasteiger partial charge in [-0.05, 0) is 60.5 Å². The summed E-state index contributed by atoms with van der Waals surface area (Å²) in [6, 6.07) is 50.8. The van der Waals surface area contributed by atoms with Crippen LogP contribution in [0.1, 0.15) is 26.8 Å². The van der Waals surface area contributed by atoms with Gasteiger partial charge in [0.25, 0.3) is 0 Å². The van der Waals surface area contributed by atoms with E-state index >= 15 is 0 Å². The van der Waals surface area contributed by atoms with E-state index in [2.05, 4.69) is 156 Å². The van der Waals surface area contributed by atoms with Crippen LogP contribution in [0, 0.1) is 6.92 Å². The van der Waals surface area contributed by atoms with Crippen molar-refractivity contribution in [1.29, 1.82) is 0 Å². The molecule has 0 spiro atoms. The van der Waals surface area contributed by atoms with Crippen molar-refractivity contribution < 1.29 is 0 Å². The fraction of sp³-hybridized carbons (Fsp3) is 0.100. The van der Waals surface area contributed by atoms with Gasteiger partial charge in [0.1, 0.15) is 0 Å². The molecule has 2 aromatic heterocycles. The number of rotatable bonds is 3. The highest BCUT2D eigenvalue weighted by Crippen LogP contribution is 2.37. The number of aromatic nitrogens is 2. The van der Waals surface area contributed by atoms with Gasteiger partial charge in [-0.25, -0.2) is 0 Å². The molecule has 0 amide bonds. The first-order chi connectivity index (χ1) is 20.3. The van der Waals surface area contributed by atoms with Crippen LogP contribution < -0.4 is 0 Å². The number of benzene rings is 6. The molecule has 0 bridgehead atoms. The molecule has 8 rings (SSSR count). The van der Waals surface area contributed by atoms with E-state index in [0.717, 1.165) is 11.4 Å². The maximum Gasteiger partial charge on any atom is 0.0541 e. The second-order valence-corrected chi connectivity index (χ2v) is 10.3. The molecule has 6 aromatic carbocycles. The van der Waals surface area contributed by atoms with E-state index in [1.54, 1.807) is 0 Å². The van der Waals surface area contributed by atoms with Crippen LogP contribution >= 0.6 is 0 Å². The van der Waals surface area contributed by atoms with E-state index in [-0.39, 0.29) is 7.43 Å². The van der Waals surface area contributed by atoms with Crippen LogP contribution in [0.3, 0.4) is 0 Å². The van der Waals surface area contributed by atoms with Crippen molar-refractivity contribution >= 4 is 43.6 Å². The van der Waals surface area contributed by atoms with Crippen molar-refractivity contribution in [3.63, 3.8) is 0 Å². The SMILES string of the molecule is C.CC.Cc1ccc(-c2cc(-n3c4ccccc4c4ccccc43)cc(-n3c4ccccc4c4ccccc43)c2)cc1. The number of nitrogens with zero attached hydrogens (tertiary/aromatic N) is 2. The molecule has 206 valence electrons. The molecule has 0 saturated heterocycles. The predicted octanol–water partition coefficient (Wildman–Crippen LogP) is 11.5. The van der Waals surface area contributed by atoms with E-state index < -0.39 is 0 Å². The first-order valence-electron chi connectivity index (χ1n) is 14.5. The summed E-state index contributed by atoms with van der Waals surface area (Å²) < 4.78 is 4.83. The quantitative estimate of drug-likeness (QED) is 0.209. The molecule has 2 nitrogen and oxygen atoms in total. The lowest BCUT2D eigenvalue weighted by Gasteiger charge is -2.16. The fourth-order valence-electron chi connectivity index (χ4n) is 6.17. The summed E-state index contributed by atoms with van der Waals surface area (Å²) in [5, 5.41) is 5.08. The van der Waals surface area contributed by atoms with Crippen molar-refractivity contribution in [3.05, 3.63) is 145 Å². The minimum Gasteiger partial charge on any atom is -0.309 e. The third-order valence-electron chi connectivity index (χ3n) is 7.96. The van der Waals surface area contributed by atoms with Gasteiger partial charge in [0.15, 0.2) is 0 Å². The van der Waals surface area contributed by atoms with Crippen molar-refractivity contribution in [3.8, 4) is 22.5 Å². The molecule has 0 saturated carbocycles. The van der Waals surface area contributed by atoms with Gasteiger partial charge in [0.2, 0.25) is 0 Å². The van der Waals surface area contributed by atoms with Crippen molar-refractivity contribution in [2.45, 2.75) is 28.2 Å². The molecule has 0 unspecified atom stereocenters. The van der Waals surface area contributed by atoms with Gasteiger partial charge >= 0.3 is 0 Å². The van der Waals surface area contributed by atoms with Crippen LogP contribution in [0.2, 0.25) is 0 Å². The van der Waals surface area contributed by atoms with E-state index in [9.17, 15) is 0 Å². The molecular weight excluding hydrogens is 508 g/mol. The van der Waals surface area contributed by atoms with E-state index in [1.165, 1.54) is 60.3 Å². The Bertz CT molecular complexity index is 1940. The topological polar surface area (TPSA) is 9.86 Å². The summed E-state index contributed by atoms with van der Waals surface area (Å²) in [6.45, 7) is 6.14. The maximum atomic E-state index is 2.42. The van der Waals surface area contributed by atoms with Gasteiger partial charge in [-0.2, -0.15) is 0 Å². The monoisotopic (exact) mass is 544 g/mol. The Hall–Kier alpha value is -5.08. The molecule has 0 aliphatic heterocycles. The van der Waals surface area contributed by atoms with Gasteiger partial charge < -0.3 is 9.13 Å². The van der Waals surface area contributed by atoms with Gasteiger partial charge in [0.05, 0.1) is 22.1 Å². The van der Waals surface area contributed by atoms with Gasteiger partial charge in [-0.1, -0.05) is 124 Å². The zero-order chi connectivity index (χ0) is 27.9. The third-order valence-corrected chi connectivity index (χ3v) is 7.96. The third kappa shape index (κ3) is 4.28. The first kappa shape index (κ1) is 27.1. The van der Waals surface area contributed by atoms with Gasteiger partial charge in [-0.15, -0.1) is 0 Å². The van der Waals surface area contributed by atoms with Crippen LogP contribution in [-0.4, -0.2) is 9.13 Å². The van der Waals surface area contributed by atoms with Crippen LogP contribution in [0.4, 0.5) is 0 Å². The Morgan fingerprint density at radius 3 is 1.07 bits per heavy atom. The second-order valence-electron chi connectivity index (χ2n) is 10.3. The zero-order valence-electron chi connectivity index (χ0n) is 23.7. The fourth-order valence-corrected chi connectivity index (χ4v) is 6.17. The molecule has 0 aliphatic carbocycles. The Labute approximate surface area is 248 Å². The average Bonchev–Trinajstić information content (AvgIpc) is 3.55. The van der Waals surface area contributed by atoms with Crippen molar-refractivity contribution in [2.24, 2.45) is 0 Å². The standard InChI is InChI=1S/C37H26N2.C2H6.CH4/c1-25-18-20-26(21-19-25)27-22-28(38-34-14-6-2-10-30(34)31-11-3-7-15-35(31)38)24-29(23-27)39-36-16-8-4-12-32(36)33-13-5-9-17-37(33)39;1-2;/h2-24H,1H3;1-2H3;1H4. The molecule has 0 radical (unpaired) electrons. The summed E-state index contributed by atoms with van der Waals surface area (Å²) in [5.41, 5.74) is 10.8. The number of hydrogen-bond acceptors (Lipinski definition) is 0. The molecule has 8 aromatic rings. The smallest absolute Gasteiger partial charge is 0.0541 e. The van der Waals surface area contributed by atoms with Crippen LogP contribution in [-0.2, 0) is 0 Å². The molecule has 0 atom stereocenters. The van der Waals surface area contributed by atoms with Crippen molar-refractivity contribution in [2.75, 3.05) is 0 Å². The highest BCUT2D eigenvalue weighted by molar-refractivity contribution is 6.10. The maximum absolute atomic E-state index is 2.42. The Morgan fingerprint density at radius 1 is 0.381 bits per heavy atom. The van der Waals surface area contributed by atoms with Crippen molar-refractivity contribution in [1.82, 2.24) is 9.13 Å². The molecule has 0 aliphatic rings. The lowest BCUT2D eigenvalue weighted by Crippen LogP contribution is -2.00. The minimum atomic E-state index is 0. The van der Waals surface area contributed by atoms with Gasteiger partial charge in [-0.3, -0.25) is 0 Å². The number of hydrogen-bond donors (Lipinski definition) is 0. The second kappa shape index (κ2) is 11.1. The Kier molecular flexibility index (Phi) is 7.14. The zero-order valence-corrected chi connectivity index (χ0v) is 23.7. The minimum absolute atomic E-state index is 0. The first-order valence-corrected chi connectivity index (χ1v) is 14.5. The average molecular weight is 545 g/mol. The van der Waals surface area contributed by atoms with Crippen LogP contribution in [0.25, 0.3) is 66.1 Å². The number of fused-ring (bicyclic) bond motifs is 6. The number of para-hydroxylation sites is 4. The lowest BCUT2D eigenvalue weighted by molar-refractivity contribution is 1.13. The van der Waals surface area contributed by atoms with Crippen LogP contribution in [0.15, 0.2) is 140 Å². The summed E-state index contributed by atoms with van der Waals surface area (Å²) in [7, 11) is 0. The highest BCUT2D eigenvalue weighted by Gasteiger charge is 2.16. The normalized spacial score (nSPS) is 11.0. The van der Waals surface area contributed by atoms with E-state index in [0.29, 0.717) is 0 Å². The molecular formula is C40H36N2. The molecule has 2 heteroatoms. The molecule has 0 N–H and O–H groups in total. The summed E-state index contributed by atoms with van der Waals surface area (Å²) in [5.74, 6) is 0. The summed E-state index contributed by atoms with van der Waals surface area (Å²) in [4.78, 5) is 0. The van der Waals surface area contributed by atoms with Crippen LogP contribution in [0.5, 0.6) is 0 Å². The highest BCUT2D eigenvalue weighted by atomic mass is 15.0. The number of aryl methyl sites for hydroxylation is 1. The van der Waals surface area contributed by atoms with E-state index in [4.69, 9.17) is 0 Å². The van der Waals surface area contributed by atoms with E-state index in [1.807, 2.05) is 13.8 Å². The summed E-state index contributed by atoms with van der Waals surface area (Å²) in [6.07, 6.45) is 0. The Morgan fingerprint density at radius 2 is 0.714 bits per heavy atom. The Balaban J connectivity index is 0.00000103. The summed E-state index contributed by atoms with van der Waals surface area (Å²) >= 11 is 0.